The fourth-order valence-corrected chi connectivity index (χ4v) is 3.19. The lowest BCUT2D eigenvalue weighted by Crippen LogP contribution is -2.38. The summed E-state index contributed by atoms with van der Waals surface area (Å²) in [5.41, 5.74) is 0.222. The normalized spacial score (nSPS) is 21.4. The maximum absolute atomic E-state index is 13.7. The maximum Gasteiger partial charge on any atom is 0.169 e. The van der Waals surface area contributed by atoms with Crippen LogP contribution in [0.15, 0.2) is 24.3 Å². The minimum absolute atomic E-state index is 0.0856. The van der Waals surface area contributed by atoms with Crippen LogP contribution in [0.5, 0.6) is 0 Å². The molecule has 1 aromatic carbocycles. The standard InChI is InChI=1S/C17H24FNO/c1-12(2)16-9-6-10-19(16)11-13(3)17(20)14-7-4-5-8-15(14)18/h4-5,7-8,12-13,16H,6,9-11H2,1-3H3. The molecule has 1 aliphatic heterocycles. The van der Waals surface area contributed by atoms with Crippen molar-refractivity contribution in [1.29, 1.82) is 0 Å². The van der Waals surface area contributed by atoms with Gasteiger partial charge in [-0.2, -0.15) is 0 Å². The minimum Gasteiger partial charge on any atom is -0.299 e. The lowest BCUT2D eigenvalue weighted by Gasteiger charge is -2.29. The molecule has 0 saturated carbocycles. The first-order valence-electron chi connectivity index (χ1n) is 7.53. The van der Waals surface area contributed by atoms with E-state index < -0.39 is 5.82 Å². The second-order valence-electron chi connectivity index (χ2n) is 6.19. The molecule has 0 aromatic heterocycles. The van der Waals surface area contributed by atoms with Crippen molar-refractivity contribution in [1.82, 2.24) is 4.90 Å². The summed E-state index contributed by atoms with van der Waals surface area (Å²) >= 11 is 0. The Bertz CT molecular complexity index is 472. The molecule has 1 heterocycles. The molecular formula is C17H24FNO. The van der Waals surface area contributed by atoms with Crippen LogP contribution in [0.2, 0.25) is 0 Å². The number of nitrogens with zero attached hydrogens (tertiary/aromatic N) is 1. The Hall–Kier alpha value is -1.22. The second kappa shape index (κ2) is 6.49. The van der Waals surface area contributed by atoms with Crippen LogP contribution in [-0.2, 0) is 0 Å². The highest BCUT2D eigenvalue weighted by Crippen LogP contribution is 2.25. The Morgan fingerprint density at radius 3 is 2.70 bits per heavy atom. The summed E-state index contributed by atoms with van der Waals surface area (Å²) in [4.78, 5) is 14.8. The fourth-order valence-electron chi connectivity index (χ4n) is 3.19. The van der Waals surface area contributed by atoms with E-state index in [-0.39, 0.29) is 17.3 Å². The molecule has 2 nitrogen and oxygen atoms in total. The van der Waals surface area contributed by atoms with E-state index in [1.54, 1.807) is 18.2 Å². The molecule has 2 atom stereocenters. The number of benzene rings is 1. The van der Waals surface area contributed by atoms with Gasteiger partial charge in [-0.1, -0.05) is 32.9 Å². The molecule has 0 N–H and O–H groups in total. The molecule has 0 radical (unpaired) electrons. The Labute approximate surface area is 121 Å². The smallest absolute Gasteiger partial charge is 0.169 e. The van der Waals surface area contributed by atoms with Gasteiger partial charge in [0.2, 0.25) is 0 Å². The van der Waals surface area contributed by atoms with Crippen LogP contribution in [0.1, 0.15) is 44.0 Å². The van der Waals surface area contributed by atoms with Gasteiger partial charge in [0.15, 0.2) is 5.78 Å². The van der Waals surface area contributed by atoms with E-state index in [0.717, 1.165) is 13.1 Å². The number of rotatable bonds is 5. The molecule has 110 valence electrons. The summed E-state index contributed by atoms with van der Waals surface area (Å²) in [5, 5.41) is 0. The average Bonchev–Trinajstić information content (AvgIpc) is 2.86. The van der Waals surface area contributed by atoms with Gasteiger partial charge in [-0.05, 0) is 37.4 Å². The van der Waals surface area contributed by atoms with Gasteiger partial charge in [0.25, 0.3) is 0 Å². The lowest BCUT2D eigenvalue weighted by molar-refractivity contribution is 0.0871. The van der Waals surface area contributed by atoms with Crippen molar-refractivity contribution >= 4 is 5.78 Å². The Morgan fingerprint density at radius 2 is 2.05 bits per heavy atom. The molecule has 0 bridgehead atoms. The third-order valence-corrected chi connectivity index (χ3v) is 4.28. The zero-order valence-electron chi connectivity index (χ0n) is 12.6. The summed E-state index contributed by atoms with van der Waals surface area (Å²) in [6, 6.07) is 6.83. The van der Waals surface area contributed by atoms with Gasteiger partial charge in [0, 0.05) is 18.5 Å². The van der Waals surface area contributed by atoms with Crippen LogP contribution in [-0.4, -0.2) is 29.8 Å². The maximum atomic E-state index is 13.7. The van der Waals surface area contributed by atoms with Crippen molar-refractivity contribution < 1.29 is 9.18 Å². The molecule has 2 rings (SSSR count). The topological polar surface area (TPSA) is 20.3 Å². The highest BCUT2D eigenvalue weighted by Gasteiger charge is 2.30. The summed E-state index contributed by atoms with van der Waals surface area (Å²) in [6.45, 7) is 8.15. The number of Topliss-reactive ketones (excluding diaryl/α,β-unsaturated/α-hetero) is 1. The van der Waals surface area contributed by atoms with Crippen molar-refractivity contribution in [2.45, 2.75) is 39.7 Å². The first-order chi connectivity index (χ1) is 9.50. The van der Waals surface area contributed by atoms with Gasteiger partial charge in [-0.15, -0.1) is 0 Å². The quantitative estimate of drug-likeness (QED) is 0.764. The first-order valence-corrected chi connectivity index (χ1v) is 7.53. The van der Waals surface area contributed by atoms with E-state index >= 15 is 0 Å². The van der Waals surface area contributed by atoms with Crippen LogP contribution < -0.4 is 0 Å². The van der Waals surface area contributed by atoms with Crippen LogP contribution in [0.3, 0.4) is 0 Å². The number of carbonyl (C=O) groups is 1. The molecule has 0 spiro atoms. The highest BCUT2D eigenvalue weighted by molar-refractivity contribution is 5.98. The van der Waals surface area contributed by atoms with E-state index in [4.69, 9.17) is 0 Å². The number of likely N-dealkylation sites (tertiary alicyclic amines) is 1. The SMILES string of the molecule is CC(CN1CCCC1C(C)C)C(=O)c1ccccc1F. The fraction of sp³-hybridized carbons (Fsp3) is 0.588. The van der Waals surface area contributed by atoms with Gasteiger partial charge in [-0.3, -0.25) is 9.69 Å². The van der Waals surface area contributed by atoms with Crippen molar-refractivity contribution in [2.75, 3.05) is 13.1 Å². The van der Waals surface area contributed by atoms with Gasteiger partial charge in [-0.25, -0.2) is 4.39 Å². The van der Waals surface area contributed by atoms with E-state index in [1.165, 1.54) is 18.9 Å². The first kappa shape index (κ1) is 15.2. The molecule has 20 heavy (non-hydrogen) atoms. The number of hydrogen-bond acceptors (Lipinski definition) is 2. The van der Waals surface area contributed by atoms with Crippen molar-refractivity contribution in [3.8, 4) is 0 Å². The predicted molar refractivity (Wildman–Crippen MR) is 79.3 cm³/mol. The van der Waals surface area contributed by atoms with Crippen LogP contribution in [0.25, 0.3) is 0 Å². The van der Waals surface area contributed by atoms with Crippen LogP contribution in [0, 0.1) is 17.7 Å². The van der Waals surface area contributed by atoms with Crippen LogP contribution >= 0.6 is 0 Å². The van der Waals surface area contributed by atoms with E-state index in [9.17, 15) is 9.18 Å². The zero-order chi connectivity index (χ0) is 14.7. The number of ketones is 1. The molecule has 0 aliphatic carbocycles. The largest absolute Gasteiger partial charge is 0.299 e. The monoisotopic (exact) mass is 277 g/mol. The lowest BCUT2D eigenvalue weighted by atomic mass is 9.96. The highest BCUT2D eigenvalue weighted by atomic mass is 19.1. The summed E-state index contributed by atoms with van der Waals surface area (Å²) in [6.07, 6.45) is 2.40. The van der Waals surface area contributed by atoms with Gasteiger partial charge < -0.3 is 0 Å². The van der Waals surface area contributed by atoms with Crippen molar-refractivity contribution in [3.63, 3.8) is 0 Å². The van der Waals surface area contributed by atoms with E-state index in [1.807, 2.05) is 6.92 Å². The van der Waals surface area contributed by atoms with Gasteiger partial charge in [0.05, 0.1) is 5.56 Å². The summed E-state index contributed by atoms with van der Waals surface area (Å²) < 4.78 is 13.7. The minimum atomic E-state index is -0.411. The molecule has 1 aliphatic rings. The Morgan fingerprint density at radius 1 is 1.35 bits per heavy atom. The third kappa shape index (κ3) is 3.26. The molecule has 1 aromatic rings. The Balaban J connectivity index is 2.03. The summed E-state index contributed by atoms with van der Waals surface area (Å²) in [5.74, 6) is -0.0526. The molecule has 1 fully saturated rings. The predicted octanol–water partition coefficient (Wildman–Crippen LogP) is 3.76. The third-order valence-electron chi connectivity index (χ3n) is 4.28. The number of carbonyl (C=O) groups excluding carboxylic acids is 1. The average molecular weight is 277 g/mol. The molecule has 1 saturated heterocycles. The molecule has 2 unspecified atom stereocenters. The van der Waals surface area contributed by atoms with Crippen LogP contribution in [0.4, 0.5) is 4.39 Å². The molecular weight excluding hydrogens is 253 g/mol. The van der Waals surface area contributed by atoms with Crippen molar-refractivity contribution in [3.05, 3.63) is 35.6 Å². The molecule has 3 heteroatoms. The Kier molecular flexibility index (Phi) is 4.92. The number of hydrogen-bond donors (Lipinski definition) is 0. The zero-order valence-corrected chi connectivity index (χ0v) is 12.6. The second-order valence-corrected chi connectivity index (χ2v) is 6.19. The number of halogens is 1. The molecule has 0 amide bonds. The van der Waals surface area contributed by atoms with E-state index in [0.29, 0.717) is 12.0 Å². The van der Waals surface area contributed by atoms with E-state index in [2.05, 4.69) is 18.7 Å². The van der Waals surface area contributed by atoms with Gasteiger partial charge >= 0.3 is 0 Å². The van der Waals surface area contributed by atoms with Gasteiger partial charge in [0.1, 0.15) is 5.82 Å². The summed E-state index contributed by atoms with van der Waals surface area (Å²) in [7, 11) is 0. The van der Waals surface area contributed by atoms with Crippen molar-refractivity contribution in [2.24, 2.45) is 11.8 Å².